The molecule has 5 rings (SSSR count). The molecule has 1 aromatic heterocycles. The molecule has 35 heavy (non-hydrogen) atoms. The zero-order valence-corrected chi connectivity index (χ0v) is 21.7. The van der Waals surface area contributed by atoms with E-state index in [0.717, 1.165) is 17.8 Å². The molecule has 0 aromatic carbocycles. The van der Waals surface area contributed by atoms with E-state index in [1.165, 1.54) is 0 Å². The Morgan fingerprint density at radius 2 is 1.89 bits per heavy atom. The number of carbonyl (C=O) groups excluding carboxylic acids is 1. The molecular formula is C28H39NO6. The Morgan fingerprint density at radius 3 is 2.46 bits per heavy atom. The van der Waals surface area contributed by atoms with Gasteiger partial charge in [-0.05, 0) is 67.6 Å². The van der Waals surface area contributed by atoms with Gasteiger partial charge in [-0.1, -0.05) is 32.9 Å². The number of esters is 1. The molecular weight excluding hydrogens is 446 g/mol. The number of aliphatic hydroxyl groups is 4. The van der Waals surface area contributed by atoms with Gasteiger partial charge in [-0.3, -0.25) is 0 Å². The van der Waals surface area contributed by atoms with E-state index in [9.17, 15) is 25.2 Å². The second-order valence-electron chi connectivity index (χ2n) is 12.2. The van der Waals surface area contributed by atoms with Crippen LogP contribution in [0.2, 0.25) is 0 Å². The number of carbonyl (C=O) groups is 1. The third-order valence-electron chi connectivity index (χ3n) is 10.4. The third-order valence-corrected chi connectivity index (χ3v) is 10.4. The van der Waals surface area contributed by atoms with Crippen LogP contribution in [0.4, 0.5) is 0 Å². The van der Waals surface area contributed by atoms with Crippen molar-refractivity contribution in [3.63, 3.8) is 0 Å². The van der Waals surface area contributed by atoms with Crippen molar-refractivity contribution in [1.82, 2.24) is 4.57 Å². The number of aliphatic hydroxyl groups excluding tert-OH is 3. The maximum atomic E-state index is 13.4. The van der Waals surface area contributed by atoms with Crippen LogP contribution in [0.25, 0.3) is 0 Å². The molecule has 0 radical (unpaired) electrons. The molecule has 9 atom stereocenters. The first-order valence-electron chi connectivity index (χ1n) is 12.7. The molecule has 192 valence electrons. The van der Waals surface area contributed by atoms with Gasteiger partial charge in [0, 0.05) is 24.4 Å². The fourth-order valence-electron chi connectivity index (χ4n) is 8.14. The molecule has 1 heterocycles. The number of hydrogen-bond acceptors (Lipinski definition) is 6. The SMILES string of the molecule is CC1=C[C@]23C(O)[C@@H](C=C(CO)[C@@H](O)[C@]2(O)[C@H]1OC(=O)c1cc(C)n(C)c1C)[C@H]1[C@@H](C[C@H]3C)C1(C)C. The molecule has 2 fully saturated rings. The Bertz CT molecular complexity index is 1150. The molecule has 7 nitrogen and oxygen atoms in total. The second kappa shape index (κ2) is 7.54. The van der Waals surface area contributed by atoms with Crippen LogP contribution in [0, 0.1) is 48.3 Å². The van der Waals surface area contributed by atoms with Gasteiger partial charge in [-0.15, -0.1) is 0 Å². The van der Waals surface area contributed by atoms with Crippen LogP contribution >= 0.6 is 0 Å². The Morgan fingerprint density at radius 1 is 1.23 bits per heavy atom. The van der Waals surface area contributed by atoms with Crippen LogP contribution < -0.4 is 0 Å². The van der Waals surface area contributed by atoms with Crippen LogP contribution in [0.5, 0.6) is 0 Å². The fraction of sp³-hybridized carbons (Fsp3) is 0.679. The Kier molecular flexibility index (Phi) is 5.33. The number of aromatic nitrogens is 1. The number of hydrogen-bond donors (Lipinski definition) is 4. The van der Waals surface area contributed by atoms with E-state index in [1.807, 2.05) is 38.5 Å². The molecule has 4 aliphatic rings. The largest absolute Gasteiger partial charge is 0.451 e. The summed E-state index contributed by atoms with van der Waals surface area (Å²) in [6.07, 6.45) is 0.744. The third kappa shape index (κ3) is 2.90. The average Bonchev–Trinajstić information content (AvgIpc) is 3.16. The van der Waals surface area contributed by atoms with Gasteiger partial charge in [0.25, 0.3) is 0 Å². The summed E-state index contributed by atoms with van der Waals surface area (Å²) in [5, 5.41) is 46.4. The van der Waals surface area contributed by atoms with Gasteiger partial charge < -0.3 is 29.7 Å². The minimum Gasteiger partial charge on any atom is -0.451 e. The Hall–Kier alpha value is -1.93. The molecule has 1 spiro atoms. The van der Waals surface area contributed by atoms with Crippen molar-refractivity contribution < 1.29 is 30.0 Å². The van der Waals surface area contributed by atoms with Crippen molar-refractivity contribution in [1.29, 1.82) is 0 Å². The smallest absolute Gasteiger partial charge is 0.340 e. The highest BCUT2D eigenvalue weighted by atomic mass is 16.6. The number of aryl methyl sites for hydroxylation is 1. The minimum absolute atomic E-state index is 0.0257. The standard InChI is InChI=1S/C28H39NO6/c1-13-11-27-14(2)8-20-21(26(20,5)6)19(23(27)32)10-17(12-30)22(31)28(27,34)24(13)35-25(33)18-9-15(3)29(7)16(18)4/h9-11,14,19-24,30-32,34H,8,12H2,1-7H3/t14-,19+,20-,21+,22-,23?,24+,27+,28+/m1/s1. The summed E-state index contributed by atoms with van der Waals surface area (Å²) < 4.78 is 7.90. The van der Waals surface area contributed by atoms with E-state index in [-0.39, 0.29) is 28.7 Å². The minimum atomic E-state index is -2.02. The summed E-state index contributed by atoms with van der Waals surface area (Å²) in [6.45, 7) is 11.5. The molecule has 2 saturated carbocycles. The molecule has 0 saturated heterocycles. The lowest BCUT2D eigenvalue weighted by Crippen LogP contribution is -2.66. The fourth-order valence-corrected chi connectivity index (χ4v) is 8.14. The highest BCUT2D eigenvalue weighted by Crippen LogP contribution is 2.72. The molecule has 4 aliphatic carbocycles. The number of nitrogens with zero attached hydrogens (tertiary/aromatic N) is 1. The van der Waals surface area contributed by atoms with E-state index in [0.29, 0.717) is 17.1 Å². The van der Waals surface area contributed by atoms with Crippen molar-refractivity contribution in [2.24, 2.45) is 41.5 Å². The Balaban J connectivity index is 1.63. The van der Waals surface area contributed by atoms with E-state index in [1.54, 1.807) is 19.1 Å². The monoisotopic (exact) mass is 485 g/mol. The van der Waals surface area contributed by atoms with Crippen molar-refractivity contribution in [2.45, 2.75) is 71.9 Å². The van der Waals surface area contributed by atoms with E-state index in [4.69, 9.17) is 4.74 Å². The van der Waals surface area contributed by atoms with Gasteiger partial charge in [0.15, 0.2) is 6.10 Å². The van der Waals surface area contributed by atoms with Gasteiger partial charge in [-0.25, -0.2) is 4.79 Å². The van der Waals surface area contributed by atoms with E-state index in [2.05, 4.69) is 13.8 Å². The molecule has 0 amide bonds. The van der Waals surface area contributed by atoms with Crippen LogP contribution in [0.3, 0.4) is 0 Å². The zero-order chi connectivity index (χ0) is 25.8. The van der Waals surface area contributed by atoms with Crippen molar-refractivity contribution >= 4 is 5.97 Å². The number of ether oxygens (including phenoxy) is 1. The van der Waals surface area contributed by atoms with Gasteiger partial charge >= 0.3 is 5.97 Å². The van der Waals surface area contributed by atoms with Crippen LogP contribution in [0.1, 0.15) is 55.9 Å². The van der Waals surface area contributed by atoms with Gasteiger partial charge in [-0.2, -0.15) is 0 Å². The van der Waals surface area contributed by atoms with Gasteiger partial charge in [0.05, 0.1) is 23.7 Å². The summed E-state index contributed by atoms with van der Waals surface area (Å²) in [5.41, 5.74) is -0.305. The molecule has 4 N–H and O–H groups in total. The van der Waals surface area contributed by atoms with Gasteiger partial charge in [0.1, 0.15) is 11.7 Å². The number of rotatable bonds is 3. The van der Waals surface area contributed by atoms with E-state index < -0.39 is 41.9 Å². The topological polar surface area (TPSA) is 112 Å². The molecule has 7 heteroatoms. The summed E-state index contributed by atoms with van der Waals surface area (Å²) in [5.74, 6) is -0.569. The van der Waals surface area contributed by atoms with Crippen LogP contribution in [-0.2, 0) is 11.8 Å². The van der Waals surface area contributed by atoms with E-state index >= 15 is 0 Å². The molecule has 1 aromatic rings. The lowest BCUT2D eigenvalue weighted by atomic mass is 9.58. The second-order valence-corrected chi connectivity index (χ2v) is 12.2. The quantitative estimate of drug-likeness (QED) is 0.387. The summed E-state index contributed by atoms with van der Waals surface area (Å²) in [7, 11) is 1.87. The first-order valence-corrected chi connectivity index (χ1v) is 12.7. The lowest BCUT2D eigenvalue weighted by Gasteiger charge is -2.52. The first kappa shape index (κ1) is 24.8. The number of fused-ring (bicyclic) bond motifs is 3. The molecule has 0 aliphatic heterocycles. The molecule has 1 unspecified atom stereocenters. The zero-order valence-electron chi connectivity index (χ0n) is 21.7. The van der Waals surface area contributed by atoms with Gasteiger partial charge in [0.2, 0.25) is 0 Å². The predicted molar refractivity (Wildman–Crippen MR) is 130 cm³/mol. The van der Waals surface area contributed by atoms with Crippen molar-refractivity contribution in [2.75, 3.05) is 6.61 Å². The van der Waals surface area contributed by atoms with Crippen molar-refractivity contribution in [3.8, 4) is 0 Å². The maximum Gasteiger partial charge on any atom is 0.340 e. The summed E-state index contributed by atoms with van der Waals surface area (Å²) >= 11 is 0. The Labute approximate surface area is 207 Å². The predicted octanol–water partition coefficient (Wildman–Crippen LogP) is 2.43. The first-order chi connectivity index (χ1) is 16.2. The van der Waals surface area contributed by atoms with Crippen LogP contribution in [-0.4, -0.2) is 61.5 Å². The molecule has 2 bridgehead atoms. The highest BCUT2D eigenvalue weighted by molar-refractivity contribution is 5.91. The van der Waals surface area contributed by atoms with Crippen molar-refractivity contribution in [3.05, 3.63) is 46.3 Å². The average molecular weight is 486 g/mol. The normalized spacial score (nSPS) is 43.3. The maximum absolute atomic E-state index is 13.4. The summed E-state index contributed by atoms with van der Waals surface area (Å²) in [6, 6.07) is 1.75. The highest BCUT2D eigenvalue weighted by Gasteiger charge is 2.76. The summed E-state index contributed by atoms with van der Waals surface area (Å²) in [4.78, 5) is 13.4. The van der Waals surface area contributed by atoms with Crippen LogP contribution in [0.15, 0.2) is 29.4 Å². The lowest BCUT2D eigenvalue weighted by molar-refractivity contribution is -0.215.